The Balaban J connectivity index is 1.25. The van der Waals surface area contributed by atoms with Gasteiger partial charge in [-0.05, 0) is 67.6 Å². The van der Waals surface area contributed by atoms with Crippen molar-refractivity contribution >= 4 is 33.8 Å². The largest absolute Gasteiger partial charge is 0.456 e. The maximum Gasteiger partial charge on any atom is 0.338 e. The Hall–Kier alpha value is -2.75. The van der Waals surface area contributed by atoms with Crippen molar-refractivity contribution in [1.29, 1.82) is 0 Å². The number of hydrogen-bond donors (Lipinski definition) is 1. The van der Waals surface area contributed by atoms with E-state index in [1.54, 1.807) is 48.5 Å². The molecule has 1 saturated heterocycles. The van der Waals surface area contributed by atoms with Gasteiger partial charge in [0, 0.05) is 17.7 Å². The zero-order valence-electron chi connectivity index (χ0n) is 20.5. The van der Waals surface area contributed by atoms with Gasteiger partial charge in [0.05, 0.1) is 24.3 Å². The van der Waals surface area contributed by atoms with Gasteiger partial charge in [0.25, 0.3) is 0 Å². The van der Waals surface area contributed by atoms with E-state index in [9.17, 15) is 14.4 Å². The average molecular weight is 575 g/mol. The third kappa shape index (κ3) is 7.18. The molecule has 4 atom stereocenters. The van der Waals surface area contributed by atoms with Crippen molar-refractivity contribution in [1.82, 2.24) is 0 Å². The van der Waals surface area contributed by atoms with Crippen LogP contribution >= 0.6 is 15.9 Å². The standard InChI is InChI=1S/C28H31BrO8/c29-15-3-1-2-4-25(31)35-21-11-9-20(10-12-21)28(33)37-24-17-34-26-22(24)13-14-23(26)36-27(32)19-7-5-18(16-30)6-8-19/h5-12,22-24,26,30H,1-4,13-17H2/t22-,23-,24-,26+/m1/s1. The summed E-state index contributed by atoms with van der Waals surface area (Å²) >= 11 is 3.37. The van der Waals surface area contributed by atoms with Crippen molar-refractivity contribution in [3.05, 3.63) is 65.2 Å². The fourth-order valence-corrected chi connectivity index (χ4v) is 5.10. The first-order valence-electron chi connectivity index (χ1n) is 12.6. The minimum Gasteiger partial charge on any atom is -0.456 e. The molecule has 2 aromatic carbocycles. The van der Waals surface area contributed by atoms with Crippen LogP contribution in [-0.2, 0) is 25.6 Å². The van der Waals surface area contributed by atoms with Crippen LogP contribution in [0.3, 0.4) is 0 Å². The second kappa shape index (κ2) is 13.2. The van der Waals surface area contributed by atoms with Crippen LogP contribution in [0.2, 0.25) is 0 Å². The van der Waals surface area contributed by atoms with Crippen molar-refractivity contribution < 1.29 is 38.4 Å². The third-order valence-electron chi connectivity index (χ3n) is 6.73. The minimum atomic E-state index is -0.480. The van der Waals surface area contributed by atoms with Crippen molar-refractivity contribution in [2.24, 2.45) is 5.92 Å². The van der Waals surface area contributed by atoms with Gasteiger partial charge in [0.1, 0.15) is 24.1 Å². The Labute approximate surface area is 224 Å². The first-order valence-corrected chi connectivity index (χ1v) is 13.7. The first-order chi connectivity index (χ1) is 18.0. The fraction of sp³-hybridized carbons (Fsp3) is 0.464. The number of ether oxygens (including phenoxy) is 4. The highest BCUT2D eigenvalue weighted by Gasteiger charge is 2.49. The molecule has 0 unspecified atom stereocenters. The number of benzene rings is 2. The van der Waals surface area contributed by atoms with Crippen LogP contribution in [0.5, 0.6) is 5.75 Å². The lowest BCUT2D eigenvalue weighted by Crippen LogP contribution is -2.31. The van der Waals surface area contributed by atoms with Crippen molar-refractivity contribution in [3.63, 3.8) is 0 Å². The zero-order chi connectivity index (χ0) is 26.2. The predicted octanol–water partition coefficient (Wildman–Crippen LogP) is 4.60. The van der Waals surface area contributed by atoms with E-state index in [1.165, 1.54) is 0 Å². The number of hydrogen-bond acceptors (Lipinski definition) is 8. The molecule has 0 bridgehead atoms. The molecular weight excluding hydrogens is 544 g/mol. The van der Waals surface area contributed by atoms with Gasteiger partial charge in [0.15, 0.2) is 0 Å². The van der Waals surface area contributed by atoms with Crippen LogP contribution in [0.15, 0.2) is 48.5 Å². The van der Waals surface area contributed by atoms with Gasteiger partial charge in [0.2, 0.25) is 0 Å². The second-order valence-electron chi connectivity index (χ2n) is 9.28. The van der Waals surface area contributed by atoms with Crippen molar-refractivity contribution in [3.8, 4) is 5.75 Å². The summed E-state index contributed by atoms with van der Waals surface area (Å²) in [5, 5.41) is 10.1. The van der Waals surface area contributed by atoms with Crippen LogP contribution in [0.25, 0.3) is 0 Å². The highest BCUT2D eigenvalue weighted by molar-refractivity contribution is 9.09. The van der Waals surface area contributed by atoms with Gasteiger partial charge in [-0.2, -0.15) is 0 Å². The van der Waals surface area contributed by atoms with E-state index in [1.807, 2.05) is 0 Å². The van der Waals surface area contributed by atoms with Gasteiger partial charge >= 0.3 is 17.9 Å². The van der Waals surface area contributed by atoms with E-state index < -0.39 is 24.1 Å². The summed E-state index contributed by atoms with van der Waals surface area (Å²) in [4.78, 5) is 37.2. The number of rotatable bonds is 11. The number of aliphatic hydroxyl groups excluding tert-OH is 1. The smallest absolute Gasteiger partial charge is 0.338 e. The minimum absolute atomic E-state index is 0.0525. The summed E-state index contributed by atoms with van der Waals surface area (Å²) in [6, 6.07) is 12.9. The molecule has 8 nitrogen and oxygen atoms in total. The number of esters is 3. The fourth-order valence-electron chi connectivity index (χ4n) is 4.71. The molecule has 198 valence electrons. The molecule has 4 rings (SSSR count). The van der Waals surface area contributed by atoms with E-state index >= 15 is 0 Å². The maximum absolute atomic E-state index is 12.7. The predicted molar refractivity (Wildman–Crippen MR) is 138 cm³/mol. The summed E-state index contributed by atoms with van der Waals surface area (Å²) in [5.41, 5.74) is 1.48. The highest BCUT2D eigenvalue weighted by Crippen LogP contribution is 2.40. The molecule has 2 fully saturated rings. The molecule has 37 heavy (non-hydrogen) atoms. The highest BCUT2D eigenvalue weighted by atomic mass is 79.9. The molecule has 0 aromatic heterocycles. The zero-order valence-corrected chi connectivity index (χ0v) is 22.1. The normalized spacial score (nSPS) is 22.3. The summed E-state index contributed by atoms with van der Waals surface area (Å²) in [5.74, 6) is -0.885. The molecule has 1 heterocycles. The van der Waals surface area contributed by atoms with E-state index in [0.29, 0.717) is 41.7 Å². The summed E-state index contributed by atoms with van der Waals surface area (Å²) in [7, 11) is 0. The number of halogens is 1. The number of carbonyl (C=O) groups excluding carboxylic acids is 3. The van der Waals surface area contributed by atoms with Crippen LogP contribution in [-0.4, -0.2) is 53.3 Å². The van der Waals surface area contributed by atoms with E-state index in [2.05, 4.69) is 15.9 Å². The van der Waals surface area contributed by atoms with E-state index in [0.717, 1.165) is 24.6 Å². The Morgan fingerprint density at radius 2 is 1.51 bits per heavy atom. The lowest BCUT2D eigenvalue weighted by atomic mass is 10.0. The molecule has 2 aliphatic rings. The Bertz CT molecular complexity index is 1070. The van der Waals surface area contributed by atoms with Crippen LogP contribution < -0.4 is 4.74 Å². The maximum atomic E-state index is 12.7. The Morgan fingerprint density at radius 1 is 0.865 bits per heavy atom. The molecule has 9 heteroatoms. The SMILES string of the molecule is O=C(CCCCCBr)Oc1ccc(C(=O)O[C@@H]2CO[C@H]3[C@@H]2CC[C@H]3OC(=O)c2ccc(CO)cc2)cc1. The number of carbonyl (C=O) groups is 3. The molecule has 0 amide bonds. The molecule has 1 N–H and O–H groups in total. The first kappa shape index (κ1) is 27.3. The Kier molecular flexibility index (Phi) is 9.71. The van der Waals surface area contributed by atoms with Gasteiger partial charge in [-0.25, -0.2) is 9.59 Å². The molecular formula is C28H31BrO8. The summed E-state index contributed by atoms with van der Waals surface area (Å²) < 4.78 is 22.6. The lowest BCUT2D eigenvalue weighted by molar-refractivity contribution is -0.134. The molecule has 1 saturated carbocycles. The topological polar surface area (TPSA) is 108 Å². The van der Waals surface area contributed by atoms with Crippen molar-refractivity contribution in [2.45, 2.75) is 63.4 Å². The average Bonchev–Trinajstić information content (AvgIpc) is 3.50. The lowest BCUT2D eigenvalue weighted by Gasteiger charge is -2.19. The summed E-state index contributed by atoms with van der Waals surface area (Å²) in [6.45, 7) is 0.149. The third-order valence-corrected chi connectivity index (χ3v) is 7.29. The number of aliphatic hydroxyl groups is 1. The number of alkyl halides is 1. The Morgan fingerprint density at radius 3 is 2.16 bits per heavy atom. The van der Waals surface area contributed by atoms with Gasteiger partial charge in [-0.15, -0.1) is 0 Å². The second-order valence-corrected chi connectivity index (χ2v) is 10.1. The molecule has 2 aromatic rings. The van der Waals surface area contributed by atoms with Crippen LogP contribution in [0, 0.1) is 5.92 Å². The quantitative estimate of drug-likeness (QED) is 0.179. The van der Waals surface area contributed by atoms with E-state index in [4.69, 9.17) is 24.1 Å². The van der Waals surface area contributed by atoms with Crippen molar-refractivity contribution in [2.75, 3.05) is 11.9 Å². The van der Waals surface area contributed by atoms with Gasteiger partial charge in [-0.3, -0.25) is 4.79 Å². The molecule has 1 aliphatic heterocycles. The van der Waals surface area contributed by atoms with Crippen LogP contribution in [0.4, 0.5) is 0 Å². The summed E-state index contributed by atoms with van der Waals surface area (Å²) in [6.07, 6.45) is 3.29. The molecule has 1 aliphatic carbocycles. The molecule has 0 spiro atoms. The number of fused-ring (bicyclic) bond motifs is 1. The van der Waals surface area contributed by atoms with Gasteiger partial charge in [-0.1, -0.05) is 34.5 Å². The van der Waals surface area contributed by atoms with Crippen LogP contribution in [0.1, 0.15) is 64.8 Å². The monoisotopic (exact) mass is 574 g/mol. The van der Waals surface area contributed by atoms with Gasteiger partial charge < -0.3 is 24.1 Å². The molecule has 0 radical (unpaired) electrons. The number of unbranched alkanes of at least 4 members (excludes halogenated alkanes) is 2. The van der Waals surface area contributed by atoms with E-state index in [-0.39, 0.29) is 31.2 Å².